The molecule has 0 spiro atoms. The molecule has 1 amide bonds. The maximum atomic E-state index is 13.9. The fraction of sp³-hybridized carbons (Fsp3) is 0.267. The summed E-state index contributed by atoms with van der Waals surface area (Å²) in [6.45, 7) is 0. The van der Waals surface area contributed by atoms with Gasteiger partial charge in [-0.1, -0.05) is 22.0 Å². The molecule has 2 aromatic rings. The second-order valence-corrected chi connectivity index (χ2v) is 9.79. The van der Waals surface area contributed by atoms with Gasteiger partial charge in [-0.15, -0.1) is 11.3 Å². The van der Waals surface area contributed by atoms with Crippen LogP contribution >= 0.6 is 39.0 Å². The second kappa shape index (κ2) is 9.13. The van der Waals surface area contributed by atoms with Crippen molar-refractivity contribution in [2.75, 3.05) is 17.3 Å². The Morgan fingerprint density at radius 1 is 1.40 bits per heavy atom. The number of hydrogen-bond donors (Lipinski definition) is 2. The SMILES string of the molecule is CSCC[C@@H](NS(=O)(=O)c1cccs1)C(=O)Nc1ccc(Br)cc1F. The van der Waals surface area contributed by atoms with Gasteiger partial charge in [-0.3, -0.25) is 4.79 Å². The molecule has 0 aliphatic heterocycles. The lowest BCUT2D eigenvalue weighted by Crippen LogP contribution is -2.44. The van der Waals surface area contributed by atoms with Crippen LogP contribution in [0.15, 0.2) is 44.4 Å². The molecule has 0 aliphatic rings. The van der Waals surface area contributed by atoms with Crippen molar-refractivity contribution < 1.29 is 17.6 Å². The first kappa shape index (κ1) is 20.4. The van der Waals surface area contributed by atoms with E-state index >= 15 is 0 Å². The summed E-state index contributed by atoms with van der Waals surface area (Å²) in [5, 5.41) is 4.09. The maximum absolute atomic E-state index is 13.9. The van der Waals surface area contributed by atoms with Gasteiger partial charge in [0, 0.05) is 4.47 Å². The first-order valence-corrected chi connectivity index (χ1v) is 11.7. The number of carbonyl (C=O) groups excluding carboxylic acids is 1. The van der Waals surface area contributed by atoms with Crippen molar-refractivity contribution in [3.8, 4) is 0 Å². The van der Waals surface area contributed by atoms with Crippen molar-refractivity contribution in [1.29, 1.82) is 0 Å². The molecule has 1 atom stereocenters. The van der Waals surface area contributed by atoms with Crippen LogP contribution in [0.1, 0.15) is 6.42 Å². The highest BCUT2D eigenvalue weighted by atomic mass is 79.9. The molecule has 0 bridgehead atoms. The Balaban J connectivity index is 2.17. The molecule has 0 radical (unpaired) electrons. The van der Waals surface area contributed by atoms with Crippen molar-refractivity contribution >= 4 is 60.6 Å². The number of thioether (sulfide) groups is 1. The number of nitrogens with one attached hydrogen (secondary N) is 2. The van der Waals surface area contributed by atoms with Gasteiger partial charge in [0.2, 0.25) is 5.91 Å². The Kier molecular flexibility index (Phi) is 7.44. The number of rotatable bonds is 8. The Hall–Kier alpha value is -0.940. The van der Waals surface area contributed by atoms with E-state index in [1.807, 2.05) is 6.26 Å². The number of benzene rings is 1. The Bertz CT molecular complexity index is 829. The fourth-order valence-corrected chi connectivity index (χ4v) is 5.00. The van der Waals surface area contributed by atoms with E-state index in [0.717, 1.165) is 11.3 Å². The smallest absolute Gasteiger partial charge is 0.250 e. The van der Waals surface area contributed by atoms with Crippen molar-refractivity contribution in [3.05, 3.63) is 46.0 Å². The molecule has 25 heavy (non-hydrogen) atoms. The highest BCUT2D eigenvalue weighted by molar-refractivity contribution is 9.10. The third-order valence-corrected chi connectivity index (χ3v) is 7.18. The minimum absolute atomic E-state index is 0.00215. The molecule has 136 valence electrons. The molecular formula is C15H16BrFN2O3S3. The van der Waals surface area contributed by atoms with Crippen LogP contribution in [0, 0.1) is 5.82 Å². The molecule has 0 aliphatic carbocycles. The third-order valence-electron chi connectivity index (χ3n) is 3.17. The van der Waals surface area contributed by atoms with Crippen LogP contribution in [-0.2, 0) is 14.8 Å². The lowest BCUT2D eigenvalue weighted by Gasteiger charge is -2.18. The zero-order valence-electron chi connectivity index (χ0n) is 13.2. The van der Waals surface area contributed by atoms with Crippen LogP contribution in [0.5, 0.6) is 0 Å². The first-order valence-electron chi connectivity index (χ1n) is 7.14. The van der Waals surface area contributed by atoms with E-state index in [0.29, 0.717) is 10.2 Å². The van der Waals surface area contributed by atoms with Gasteiger partial charge in [-0.05, 0) is 48.1 Å². The molecule has 2 N–H and O–H groups in total. The Morgan fingerprint density at radius 3 is 2.76 bits per heavy atom. The zero-order valence-corrected chi connectivity index (χ0v) is 17.2. The summed E-state index contributed by atoms with van der Waals surface area (Å²) in [6.07, 6.45) is 2.15. The first-order chi connectivity index (χ1) is 11.8. The van der Waals surface area contributed by atoms with E-state index in [2.05, 4.69) is 26.0 Å². The monoisotopic (exact) mass is 466 g/mol. The summed E-state index contributed by atoms with van der Waals surface area (Å²) in [7, 11) is -3.80. The van der Waals surface area contributed by atoms with Crippen molar-refractivity contribution in [1.82, 2.24) is 4.72 Å². The van der Waals surface area contributed by atoms with E-state index < -0.39 is 27.8 Å². The molecule has 0 saturated carbocycles. The summed E-state index contributed by atoms with van der Waals surface area (Å²) in [6, 6.07) is 6.31. The molecular weight excluding hydrogens is 451 g/mol. The summed E-state index contributed by atoms with van der Waals surface area (Å²) in [4.78, 5) is 12.5. The highest BCUT2D eigenvalue weighted by Crippen LogP contribution is 2.21. The fourth-order valence-electron chi connectivity index (χ4n) is 1.95. The minimum Gasteiger partial charge on any atom is -0.322 e. The number of thiophene rings is 1. The lowest BCUT2D eigenvalue weighted by molar-refractivity contribution is -0.117. The summed E-state index contributed by atoms with van der Waals surface area (Å²) in [5.41, 5.74) is -0.00215. The minimum atomic E-state index is -3.80. The van der Waals surface area contributed by atoms with Gasteiger partial charge in [0.1, 0.15) is 16.1 Å². The van der Waals surface area contributed by atoms with E-state index in [1.165, 1.54) is 30.0 Å². The zero-order chi connectivity index (χ0) is 18.4. The molecule has 2 rings (SSSR count). The van der Waals surface area contributed by atoms with Crippen LogP contribution in [-0.4, -0.2) is 32.4 Å². The summed E-state index contributed by atoms with van der Waals surface area (Å²) >= 11 is 5.69. The molecule has 0 saturated heterocycles. The summed E-state index contributed by atoms with van der Waals surface area (Å²) < 4.78 is 41.7. The molecule has 10 heteroatoms. The molecule has 5 nitrogen and oxygen atoms in total. The number of sulfonamides is 1. The Morgan fingerprint density at radius 2 is 2.16 bits per heavy atom. The van der Waals surface area contributed by atoms with Crippen molar-refractivity contribution in [3.63, 3.8) is 0 Å². The third kappa shape index (κ3) is 5.78. The van der Waals surface area contributed by atoms with Gasteiger partial charge in [-0.2, -0.15) is 16.5 Å². The molecule has 1 aromatic carbocycles. The maximum Gasteiger partial charge on any atom is 0.250 e. The van der Waals surface area contributed by atoms with E-state index in [-0.39, 0.29) is 16.3 Å². The van der Waals surface area contributed by atoms with Gasteiger partial charge < -0.3 is 5.32 Å². The number of amides is 1. The van der Waals surface area contributed by atoms with E-state index in [9.17, 15) is 17.6 Å². The highest BCUT2D eigenvalue weighted by Gasteiger charge is 2.26. The van der Waals surface area contributed by atoms with Crippen LogP contribution in [0.2, 0.25) is 0 Å². The van der Waals surface area contributed by atoms with Gasteiger partial charge in [0.15, 0.2) is 0 Å². The number of carbonyl (C=O) groups is 1. The topological polar surface area (TPSA) is 75.3 Å². The molecule has 0 fully saturated rings. The number of halogens is 2. The predicted octanol–water partition coefficient (Wildman–Crippen LogP) is 3.69. The van der Waals surface area contributed by atoms with Gasteiger partial charge >= 0.3 is 0 Å². The molecule has 0 unspecified atom stereocenters. The van der Waals surface area contributed by atoms with Crippen LogP contribution < -0.4 is 10.0 Å². The number of anilines is 1. The van der Waals surface area contributed by atoms with Crippen molar-refractivity contribution in [2.24, 2.45) is 0 Å². The quantitative estimate of drug-likeness (QED) is 0.621. The molecule has 1 aromatic heterocycles. The molecule has 1 heterocycles. The Labute approximate surface area is 162 Å². The van der Waals surface area contributed by atoms with Gasteiger partial charge in [0.25, 0.3) is 10.0 Å². The predicted molar refractivity (Wildman–Crippen MR) is 104 cm³/mol. The lowest BCUT2D eigenvalue weighted by atomic mass is 10.2. The van der Waals surface area contributed by atoms with E-state index in [4.69, 9.17) is 0 Å². The second-order valence-electron chi connectivity index (χ2n) is 5.00. The van der Waals surface area contributed by atoms with Crippen LogP contribution in [0.4, 0.5) is 10.1 Å². The van der Waals surface area contributed by atoms with E-state index in [1.54, 1.807) is 17.5 Å². The van der Waals surface area contributed by atoms with Gasteiger partial charge in [-0.25, -0.2) is 12.8 Å². The standard InChI is InChI=1S/C15H16BrFN2O3S3/c1-23-8-6-13(19-25(21,22)14-3-2-7-24-14)15(20)18-12-5-4-10(16)9-11(12)17/h2-5,7,9,13,19H,6,8H2,1H3,(H,18,20)/t13-/m1/s1. The van der Waals surface area contributed by atoms with Crippen molar-refractivity contribution in [2.45, 2.75) is 16.7 Å². The summed E-state index contributed by atoms with van der Waals surface area (Å²) in [5.74, 6) is -0.628. The average Bonchev–Trinajstić information content (AvgIpc) is 3.09. The largest absolute Gasteiger partial charge is 0.322 e. The van der Waals surface area contributed by atoms with Gasteiger partial charge in [0.05, 0.1) is 5.69 Å². The average molecular weight is 467 g/mol. The van der Waals surface area contributed by atoms with Crippen LogP contribution in [0.3, 0.4) is 0 Å². The van der Waals surface area contributed by atoms with Crippen LogP contribution in [0.25, 0.3) is 0 Å². The number of hydrogen-bond acceptors (Lipinski definition) is 5. The normalized spacial score (nSPS) is 12.8.